The van der Waals surface area contributed by atoms with Crippen molar-refractivity contribution in [3.8, 4) is 24.7 Å². The maximum atomic E-state index is 14.0. The molecule has 2 aromatic rings. The number of carbonyl (C=O) groups is 3. The minimum absolute atomic E-state index is 0.0318. The van der Waals surface area contributed by atoms with Gasteiger partial charge in [0.15, 0.2) is 0 Å². The molecule has 1 aliphatic rings. The Hall–Kier alpha value is -4.15. The van der Waals surface area contributed by atoms with Crippen molar-refractivity contribution in [2.45, 2.75) is 114 Å². The molecule has 0 aliphatic heterocycles. The van der Waals surface area contributed by atoms with Gasteiger partial charge in [-0.2, -0.15) is 0 Å². The lowest BCUT2D eigenvalue weighted by atomic mass is 9.82. The molecule has 9 heteroatoms. The quantitative estimate of drug-likeness (QED) is 0.104. The lowest BCUT2D eigenvalue weighted by Gasteiger charge is -2.33. The van der Waals surface area contributed by atoms with Crippen LogP contribution >= 0.6 is 0 Å². The van der Waals surface area contributed by atoms with Crippen LogP contribution in [-0.2, 0) is 27.3 Å². The molecule has 1 aliphatic carbocycles. The molecule has 0 radical (unpaired) electrons. The molecule has 3 amide bonds. The summed E-state index contributed by atoms with van der Waals surface area (Å²) in [4.78, 5) is 45.3. The van der Waals surface area contributed by atoms with Gasteiger partial charge in [0.2, 0.25) is 17.7 Å². The van der Waals surface area contributed by atoms with E-state index in [-0.39, 0.29) is 25.2 Å². The first-order chi connectivity index (χ1) is 25.1. The average molecular weight is 713 g/mol. The highest BCUT2D eigenvalue weighted by atomic mass is 16.3. The first kappa shape index (κ1) is 42.3. The van der Waals surface area contributed by atoms with Crippen LogP contribution in [-0.4, -0.2) is 89.2 Å². The molecule has 0 heterocycles. The average Bonchev–Trinajstić information content (AvgIpc) is 3.15. The SMILES string of the molecule is C#CCCCC(O)[C@H](O)C(CC1CCCCC1)NC(=O)[C@H](CCC#C)NC(=O)C(CC(=O)N(C)CCN(C)Cc1ccccc1)Cc1ccccc1. The fourth-order valence-corrected chi connectivity index (χ4v) is 6.93. The maximum absolute atomic E-state index is 14.0. The zero-order valence-corrected chi connectivity index (χ0v) is 31.2. The van der Waals surface area contributed by atoms with Crippen molar-refractivity contribution in [2.24, 2.45) is 11.8 Å². The van der Waals surface area contributed by atoms with Gasteiger partial charge in [-0.25, -0.2) is 0 Å². The number of rotatable bonds is 22. The van der Waals surface area contributed by atoms with E-state index in [9.17, 15) is 24.6 Å². The van der Waals surface area contributed by atoms with E-state index in [1.807, 2.05) is 55.6 Å². The number of hydrogen-bond donors (Lipinski definition) is 4. The van der Waals surface area contributed by atoms with Crippen LogP contribution in [0.3, 0.4) is 0 Å². The minimum Gasteiger partial charge on any atom is -0.390 e. The fourth-order valence-electron chi connectivity index (χ4n) is 6.93. The van der Waals surface area contributed by atoms with E-state index in [1.54, 1.807) is 11.9 Å². The van der Waals surface area contributed by atoms with Gasteiger partial charge >= 0.3 is 0 Å². The Morgan fingerprint density at radius 2 is 1.46 bits per heavy atom. The van der Waals surface area contributed by atoms with E-state index in [2.05, 4.69) is 39.5 Å². The Bertz CT molecular complexity index is 1430. The highest BCUT2D eigenvalue weighted by Gasteiger charge is 2.34. The van der Waals surface area contributed by atoms with Gasteiger partial charge in [0.05, 0.1) is 24.2 Å². The molecule has 9 nitrogen and oxygen atoms in total. The first-order valence-corrected chi connectivity index (χ1v) is 18.9. The molecule has 282 valence electrons. The van der Waals surface area contributed by atoms with Crippen LogP contribution in [0.15, 0.2) is 60.7 Å². The van der Waals surface area contributed by atoms with Crippen LogP contribution < -0.4 is 10.6 Å². The van der Waals surface area contributed by atoms with E-state index in [1.165, 1.54) is 12.0 Å². The number of nitrogens with zero attached hydrogens (tertiary/aromatic N) is 2. The Balaban J connectivity index is 1.72. The molecule has 52 heavy (non-hydrogen) atoms. The molecule has 1 fully saturated rings. The molecule has 0 bridgehead atoms. The summed E-state index contributed by atoms with van der Waals surface area (Å²) in [5.41, 5.74) is 2.09. The number of terminal acetylenes is 2. The van der Waals surface area contributed by atoms with E-state index < -0.39 is 42.0 Å². The summed E-state index contributed by atoms with van der Waals surface area (Å²) in [5.74, 6) is 3.65. The molecule has 4 N–H and O–H groups in total. The largest absolute Gasteiger partial charge is 0.390 e. The van der Waals surface area contributed by atoms with Crippen molar-refractivity contribution in [3.05, 3.63) is 71.8 Å². The molecule has 2 aromatic carbocycles. The number of likely N-dealkylation sites (N-methyl/N-ethyl adjacent to an activating group) is 2. The second kappa shape index (κ2) is 23.4. The van der Waals surface area contributed by atoms with E-state index in [0.29, 0.717) is 51.1 Å². The third-order valence-corrected chi connectivity index (χ3v) is 10.1. The van der Waals surface area contributed by atoms with Crippen molar-refractivity contribution >= 4 is 17.7 Å². The predicted molar refractivity (Wildman–Crippen MR) is 206 cm³/mol. The van der Waals surface area contributed by atoms with Gasteiger partial charge in [-0.1, -0.05) is 92.8 Å². The number of amides is 3. The van der Waals surface area contributed by atoms with Crippen molar-refractivity contribution in [1.82, 2.24) is 20.4 Å². The third-order valence-electron chi connectivity index (χ3n) is 10.1. The normalized spacial score (nSPS) is 16.1. The summed E-state index contributed by atoms with van der Waals surface area (Å²) in [6.45, 7) is 1.91. The lowest BCUT2D eigenvalue weighted by Crippen LogP contribution is -2.56. The van der Waals surface area contributed by atoms with Crippen molar-refractivity contribution in [1.29, 1.82) is 0 Å². The number of hydrogen-bond acceptors (Lipinski definition) is 6. The van der Waals surface area contributed by atoms with E-state index in [0.717, 1.165) is 37.8 Å². The summed E-state index contributed by atoms with van der Waals surface area (Å²) < 4.78 is 0. The monoisotopic (exact) mass is 712 g/mol. The zero-order valence-electron chi connectivity index (χ0n) is 31.2. The summed E-state index contributed by atoms with van der Waals surface area (Å²) in [6.07, 6.45) is 16.7. The Morgan fingerprint density at radius 3 is 2.10 bits per heavy atom. The number of nitrogens with one attached hydrogen (secondary N) is 2. The molecule has 1 saturated carbocycles. The van der Waals surface area contributed by atoms with E-state index >= 15 is 0 Å². The Labute approximate surface area is 311 Å². The van der Waals surface area contributed by atoms with Gasteiger partial charge in [0, 0.05) is 45.9 Å². The molecular formula is C43H60N4O5. The number of benzene rings is 2. The third kappa shape index (κ3) is 15.2. The van der Waals surface area contributed by atoms with Crippen LogP contribution in [0, 0.1) is 36.5 Å². The highest BCUT2D eigenvalue weighted by Crippen LogP contribution is 2.29. The molecular weight excluding hydrogens is 652 g/mol. The summed E-state index contributed by atoms with van der Waals surface area (Å²) >= 11 is 0. The standard InChI is InChI=1S/C43H60N4O5/c1-5-7-12-26-39(48)41(50)38(30-34-21-15-10-16-22-34)45-43(52)37(25-8-6-2)44-42(51)36(29-33-19-13-9-14-20-33)31-40(49)47(4)28-27-46(3)32-35-23-17-11-18-24-35/h1-2,9,11,13-14,17-20,23-24,34,36-39,41,48,50H,7-8,10,12,15-16,21-22,25-32H2,3-4H3,(H,44,51)(H,45,52)/t36?,37-,38?,39?,41+/m0/s1. The highest BCUT2D eigenvalue weighted by molar-refractivity contribution is 5.91. The second-order valence-corrected chi connectivity index (χ2v) is 14.4. The molecule has 3 rings (SSSR count). The number of carbonyl (C=O) groups excluding carboxylic acids is 3. The number of aliphatic hydroxyl groups excluding tert-OH is 2. The van der Waals surface area contributed by atoms with Gasteiger partial charge < -0.3 is 30.6 Å². The molecule has 0 aromatic heterocycles. The van der Waals surface area contributed by atoms with E-state index in [4.69, 9.17) is 12.8 Å². The van der Waals surface area contributed by atoms with Gasteiger partial charge in [0.25, 0.3) is 0 Å². The summed E-state index contributed by atoms with van der Waals surface area (Å²) in [5, 5.41) is 28.0. The Kier molecular flexibility index (Phi) is 19.0. The van der Waals surface area contributed by atoms with Crippen molar-refractivity contribution < 1.29 is 24.6 Å². The molecule has 0 saturated heterocycles. The molecule has 3 unspecified atom stereocenters. The number of aliphatic hydroxyl groups is 2. The van der Waals surface area contributed by atoms with Gasteiger partial charge in [-0.05, 0) is 56.2 Å². The number of unbranched alkanes of at least 4 members (excludes halogenated alkanes) is 1. The van der Waals surface area contributed by atoms with Gasteiger partial charge in [0.1, 0.15) is 6.04 Å². The topological polar surface area (TPSA) is 122 Å². The second-order valence-electron chi connectivity index (χ2n) is 14.4. The summed E-state index contributed by atoms with van der Waals surface area (Å²) in [6, 6.07) is 18.0. The van der Waals surface area contributed by atoms with Crippen molar-refractivity contribution in [3.63, 3.8) is 0 Å². The van der Waals surface area contributed by atoms with Crippen molar-refractivity contribution in [2.75, 3.05) is 27.2 Å². The lowest BCUT2D eigenvalue weighted by molar-refractivity contribution is -0.137. The molecule has 0 spiro atoms. The smallest absolute Gasteiger partial charge is 0.242 e. The Morgan fingerprint density at radius 1 is 0.827 bits per heavy atom. The molecule has 5 atom stereocenters. The fraction of sp³-hybridized carbons (Fsp3) is 0.558. The maximum Gasteiger partial charge on any atom is 0.242 e. The van der Waals surface area contributed by atoms with Crippen LogP contribution in [0.1, 0.15) is 88.2 Å². The van der Waals surface area contributed by atoms with Crippen LogP contribution in [0.25, 0.3) is 0 Å². The first-order valence-electron chi connectivity index (χ1n) is 18.9. The zero-order chi connectivity index (χ0) is 37.7. The van der Waals surface area contributed by atoms with Crippen LogP contribution in [0.2, 0.25) is 0 Å². The van der Waals surface area contributed by atoms with Gasteiger partial charge in [-0.15, -0.1) is 24.7 Å². The van der Waals surface area contributed by atoms with Crippen LogP contribution in [0.4, 0.5) is 0 Å². The van der Waals surface area contributed by atoms with Crippen LogP contribution in [0.5, 0.6) is 0 Å². The van der Waals surface area contributed by atoms with Gasteiger partial charge in [-0.3, -0.25) is 14.4 Å². The summed E-state index contributed by atoms with van der Waals surface area (Å²) in [7, 11) is 3.76. The minimum atomic E-state index is -1.20. The predicted octanol–water partition coefficient (Wildman–Crippen LogP) is 4.70.